The van der Waals surface area contributed by atoms with E-state index in [2.05, 4.69) is 10.3 Å². The lowest BCUT2D eigenvalue weighted by atomic mass is 10.3. The van der Waals surface area contributed by atoms with E-state index in [1.54, 1.807) is 5.51 Å². The Bertz CT molecular complexity index is 444. The van der Waals surface area contributed by atoms with Gasteiger partial charge in [0.1, 0.15) is 4.88 Å². The van der Waals surface area contributed by atoms with E-state index in [1.807, 2.05) is 11.8 Å². The van der Waals surface area contributed by atoms with Crippen molar-refractivity contribution in [2.45, 2.75) is 26.2 Å². The zero-order valence-electron chi connectivity index (χ0n) is 10.4. The lowest BCUT2D eigenvalue weighted by Gasteiger charge is -2.15. The van der Waals surface area contributed by atoms with Crippen molar-refractivity contribution in [3.8, 4) is 0 Å². The van der Waals surface area contributed by atoms with Gasteiger partial charge in [-0.3, -0.25) is 9.59 Å². The van der Waals surface area contributed by atoms with Crippen molar-refractivity contribution < 1.29 is 9.59 Å². The van der Waals surface area contributed by atoms with E-state index in [0.29, 0.717) is 17.8 Å². The Morgan fingerprint density at radius 1 is 1.61 bits per heavy atom. The molecule has 0 aliphatic carbocycles. The molecule has 1 aromatic heterocycles. The number of hydrogen-bond donors (Lipinski definition) is 1. The third-order valence-corrected chi connectivity index (χ3v) is 3.94. The number of nitrogens with one attached hydrogen (secondary N) is 1. The molecule has 0 radical (unpaired) electrons. The second-order valence-corrected chi connectivity index (χ2v) is 5.22. The quantitative estimate of drug-likeness (QED) is 0.815. The van der Waals surface area contributed by atoms with Crippen LogP contribution in [0.4, 0.5) is 0 Å². The molecule has 2 heterocycles. The summed E-state index contributed by atoms with van der Waals surface area (Å²) < 4.78 is 0. The zero-order valence-corrected chi connectivity index (χ0v) is 11.3. The number of likely N-dealkylation sites (tertiary alicyclic amines) is 1. The maximum atomic E-state index is 11.8. The van der Waals surface area contributed by atoms with Gasteiger partial charge in [0.15, 0.2) is 0 Å². The Balaban J connectivity index is 1.68. The van der Waals surface area contributed by atoms with Crippen molar-refractivity contribution in [2.24, 2.45) is 0 Å². The Morgan fingerprint density at radius 2 is 2.44 bits per heavy atom. The first-order valence-electron chi connectivity index (χ1n) is 6.14. The molecule has 5 nitrogen and oxygen atoms in total. The van der Waals surface area contributed by atoms with Crippen molar-refractivity contribution in [1.82, 2.24) is 15.2 Å². The lowest BCUT2D eigenvalue weighted by molar-refractivity contribution is -0.127. The molecule has 0 spiro atoms. The minimum Gasteiger partial charge on any atom is -0.351 e. The summed E-state index contributed by atoms with van der Waals surface area (Å²) in [6, 6.07) is 0. The summed E-state index contributed by atoms with van der Waals surface area (Å²) in [5, 5.41) is 2.86. The molecule has 1 aliphatic heterocycles. The summed E-state index contributed by atoms with van der Waals surface area (Å²) in [6.07, 6.45) is 2.44. The zero-order chi connectivity index (χ0) is 13.0. The average Bonchev–Trinajstić information content (AvgIpc) is 2.94. The van der Waals surface area contributed by atoms with E-state index < -0.39 is 0 Å². The molecule has 1 saturated heterocycles. The smallest absolute Gasteiger partial charge is 0.263 e. The highest BCUT2D eigenvalue weighted by atomic mass is 32.1. The third kappa shape index (κ3) is 3.07. The molecule has 2 amide bonds. The number of aromatic nitrogens is 1. The second kappa shape index (κ2) is 5.95. The first-order chi connectivity index (χ1) is 8.68. The van der Waals surface area contributed by atoms with E-state index in [9.17, 15) is 9.59 Å². The normalized spacial score (nSPS) is 15.2. The molecule has 0 bridgehead atoms. The molecule has 2 rings (SSSR count). The molecule has 1 N–H and O–H groups in total. The van der Waals surface area contributed by atoms with Crippen LogP contribution < -0.4 is 5.32 Å². The number of hydrogen-bond acceptors (Lipinski definition) is 4. The van der Waals surface area contributed by atoms with Gasteiger partial charge in [-0.15, -0.1) is 11.3 Å². The molecular formula is C12H17N3O2S. The summed E-state index contributed by atoms with van der Waals surface area (Å²) in [4.78, 5) is 29.7. The number of thiazole rings is 1. The van der Waals surface area contributed by atoms with Gasteiger partial charge in [-0.25, -0.2) is 4.98 Å². The van der Waals surface area contributed by atoms with Crippen LogP contribution in [0.1, 0.15) is 34.6 Å². The highest BCUT2D eigenvalue weighted by Crippen LogP contribution is 2.12. The molecule has 0 saturated carbocycles. The first kappa shape index (κ1) is 13.0. The Labute approximate surface area is 110 Å². The van der Waals surface area contributed by atoms with Gasteiger partial charge in [0.25, 0.3) is 5.91 Å². The largest absolute Gasteiger partial charge is 0.351 e. The Morgan fingerprint density at radius 3 is 3.06 bits per heavy atom. The van der Waals surface area contributed by atoms with Crippen molar-refractivity contribution in [3.05, 3.63) is 16.1 Å². The molecule has 0 aromatic carbocycles. The highest BCUT2D eigenvalue weighted by Gasteiger charge is 2.19. The van der Waals surface area contributed by atoms with E-state index in [0.717, 1.165) is 31.6 Å². The van der Waals surface area contributed by atoms with Crippen LogP contribution in [0.25, 0.3) is 0 Å². The van der Waals surface area contributed by atoms with Gasteiger partial charge in [-0.1, -0.05) is 0 Å². The number of amides is 2. The van der Waals surface area contributed by atoms with Crippen molar-refractivity contribution in [2.75, 3.05) is 19.6 Å². The van der Waals surface area contributed by atoms with E-state index in [1.165, 1.54) is 11.3 Å². The number of nitrogens with zero attached hydrogens (tertiary/aromatic N) is 2. The summed E-state index contributed by atoms with van der Waals surface area (Å²) in [7, 11) is 0. The van der Waals surface area contributed by atoms with Crippen LogP contribution in [-0.2, 0) is 4.79 Å². The van der Waals surface area contributed by atoms with Gasteiger partial charge in [-0.2, -0.15) is 0 Å². The minimum absolute atomic E-state index is 0.0669. The van der Waals surface area contributed by atoms with Gasteiger partial charge in [0.2, 0.25) is 5.91 Å². The molecule has 0 atom stereocenters. The monoisotopic (exact) mass is 267 g/mol. The fourth-order valence-corrected chi connectivity index (χ4v) is 2.73. The summed E-state index contributed by atoms with van der Waals surface area (Å²) in [5.41, 5.74) is 2.44. The topological polar surface area (TPSA) is 62.3 Å². The molecule has 0 unspecified atom stereocenters. The van der Waals surface area contributed by atoms with Crippen molar-refractivity contribution >= 4 is 23.2 Å². The minimum atomic E-state index is -0.0669. The summed E-state index contributed by atoms with van der Waals surface area (Å²) in [6.45, 7) is 4.02. The van der Waals surface area contributed by atoms with Crippen LogP contribution in [0, 0.1) is 6.92 Å². The molecule has 1 aromatic rings. The second-order valence-electron chi connectivity index (χ2n) is 4.36. The Kier molecular flexibility index (Phi) is 4.30. The Hall–Kier alpha value is -1.43. The van der Waals surface area contributed by atoms with Gasteiger partial charge in [0, 0.05) is 26.1 Å². The third-order valence-electron chi connectivity index (χ3n) is 3.01. The number of rotatable bonds is 5. The molecular weight excluding hydrogens is 250 g/mol. The molecule has 6 heteroatoms. The predicted octanol–water partition coefficient (Wildman–Crippen LogP) is 1.19. The maximum absolute atomic E-state index is 11.8. The molecule has 1 fully saturated rings. The predicted molar refractivity (Wildman–Crippen MR) is 69.6 cm³/mol. The van der Waals surface area contributed by atoms with E-state index in [4.69, 9.17) is 0 Å². The van der Waals surface area contributed by atoms with Crippen LogP contribution in [-0.4, -0.2) is 41.3 Å². The fraction of sp³-hybridized carbons (Fsp3) is 0.583. The van der Waals surface area contributed by atoms with Crippen LogP contribution >= 0.6 is 11.3 Å². The SMILES string of the molecule is Cc1ncsc1C(=O)NCCCN1CCCC1=O. The molecule has 1 aliphatic rings. The standard InChI is InChI=1S/C12H17N3O2S/c1-9-11(18-8-14-9)12(17)13-5-3-7-15-6-2-4-10(15)16/h8H,2-7H2,1H3,(H,13,17). The van der Waals surface area contributed by atoms with Crippen molar-refractivity contribution in [1.29, 1.82) is 0 Å². The summed E-state index contributed by atoms with van der Waals surface area (Å²) >= 11 is 1.35. The summed E-state index contributed by atoms with van der Waals surface area (Å²) in [5.74, 6) is 0.169. The highest BCUT2D eigenvalue weighted by molar-refractivity contribution is 7.11. The van der Waals surface area contributed by atoms with Crippen LogP contribution in [0.3, 0.4) is 0 Å². The number of carbonyl (C=O) groups is 2. The molecule has 98 valence electrons. The van der Waals surface area contributed by atoms with Crippen LogP contribution in [0.5, 0.6) is 0 Å². The number of carbonyl (C=O) groups excluding carboxylic acids is 2. The van der Waals surface area contributed by atoms with Crippen molar-refractivity contribution in [3.63, 3.8) is 0 Å². The van der Waals surface area contributed by atoms with Gasteiger partial charge in [0.05, 0.1) is 11.2 Å². The van der Waals surface area contributed by atoms with E-state index in [-0.39, 0.29) is 11.8 Å². The van der Waals surface area contributed by atoms with Gasteiger partial charge >= 0.3 is 0 Å². The molecule has 18 heavy (non-hydrogen) atoms. The van der Waals surface area contributed by atoms with Crippen LogP contribution in [0.2, 0.25) is 0 Å². The fourth-order valence-electron chi connectivity index (χ4n) is 2.01. The average molecular weight is 267 g/mol. The maximum Gasteiger partial charge on any atom is 0.263 e. The van der Waals surface area contributed by atoms with Crippen LogP contribution in [0.15, 0.2) is 5.51 Å². The first-order valence-corrected chi connectivity index (χ1v) is 7.02. The lowest BCUT2D eigenvalue weighted by Crippen LogP contribution is -2.30. The van der Waals surface area contributed by atoms with Gasteiger partial charge in [-0.05, 0) is 19.8 Å². The van der Waals surface area contributed by atoms with Gasteiger partial charge < -0.3 is 10.2 Å². The van der Waals surface area contributed by atoms with E-state index >= 15 is 0 Å². The number of aryl methyl sites for hydroxylation is 1.